The monoisotopic (exact) mass is 254 g/mol. The van der Waals surface area contributed by atoms with E-state index in [1.807, 2.05) is 55.5 Å². The Morgan fingerprint density at radius 2 is 1.89 bits per heavy atom. The fourth-order valence-electron chi connectivity index (χ4n) is 1.90. The van der Waals surface area contributed by atoms with Crippen LogP contribution < -0.4 is 10.6 Å². The SMILES string of the molecule is Cc1cccc(N(CCC(=N)N)c2ccccc2)n1. The summed E-state index contributed by atoms with van der Waals surface area (Å²) in [6.07, 6.45) is 0.518. The van der Waals surface area contributed by atoms with Crippen LogP contribution in [0.15, 0.2) is 48.5 Å². The van der Waals surface area contributed by atoms with Gasteiger partial charge in [0.05, 0.1) is 5.84 Å². The maximum absolute atomic E-state index is 7.39. The third-order valence-electron chi connectivity index (χ3n) is 2.82. The van der Waals surface area contributed by atoms with Gasteiger partial charge in [-0.15, -0.1) is 0 Å². The van der Waals surface area contributed by atoms with E-state index in [1.165, 1.54) is 0 Å². The van der Waals surface area contributed by atoms with Crippen molar-refractivity contribution in [3.63, 3.8) is 0 Å². The second-order valence-corrected chi connectivity index (χ2v) is 4.40. The summed E-state index contributed by atoms with van der Waals surface area (Å²) in [5, 5.41) is 7.39. The van der Waals surface area contributed by atoms with E-state index in [0.717, 1.165) is 17.2 Å². The summed E-state index contributed by atoms with van der Waals surface area (Å²) < 4.78 is 0. The van der Waals surface area contributed by atoms with Crippen molar-refractivity contribution in [3.8, 4) is 0 Å². The van der Waals surface area contributed by atoms with Crippen molar-refractivity contribution in [2.45, 2.75) is 13.3 Å². The van der Waals surface area contributed by atoms with Gasteiger partial charge >= 0.3 is 0 Å². The number of para-hydroxylation sites is 1. The molecule has 1 aromatic heterocycles. The molecule has 0 spiro atoms. The number of nitrogens with zero attached hydrogens (tertiary/aromatic N) is 2. The van der Waals surface area contributed by atoms with E-state index in [-0.39, 0.29) is 5.84 Å². The molecular weight excluding hydrogens is 236 g/mol. The first kappa shape index (κ1) is 13.1. The van der Waals surface area contributed by atoms with Crippen LogP contribution in [0.4, 0.5) is 11.5 Å². The van der Waals surface area contributed by atoms with Crippen molar-refractivity contribution in [3.05, 3.63) is 54.2 Å². The molecule has 0 saturated carbocycles. The van der Waals surface area contributed by atoms with Gasteiger partial charge in [0, 0.05) is 24.3 Å². The lowest BCUT2D eigenvalue weighted by Gasteiger charge is -2.24. The number of benzene rings is 1. The van der Waals surface area contributed by atoms with Gasteiger partial charge in [-0.2, -0.15) is 0 Å². The molecular formula is C15H18N4. The lowest BCUT2D eigenvalue weighted by Crippen LogP contribution is -2.24. The van der Waals surface area contributed by atoms with E-state index in [9.17, 15) is 0 Å². The summed E-state index contributed by atoms with van der Waals surface area (Å²) in [5.41, 5.74) is 7.49. The first-order valence-corrected chi connectivity index (χ1v) is 6.26. The summed E-state index contributed by atoms with van der Waals surface area (Å²) in [7, 11) is 0. The predicted octanol–water partition coefficient (Wildman–Crippen LogP) is 2.85. The van der Waals surface area contributed by atoms with Crippen LogP contribution in [0.25, 0.3) is 0 Å². The second-order valence-electron chi connectivity index (χ2n) is 4.40. The van der Waals surface area contributed by atoms with Crippen molar-refractivity contribution in [1.29, 1.82) is 5.41 Å². The van der Waals surface area contributed by atoms with E-state index < -0.39 is 0 Å². The van der Waals surface area contributed by atoms with Gasteiger partial charge in [0.1, 0.15) is 5.82 Å². The van der Waals surface area contributed by atoms with Gasteiger partial charge in [-0.3, -0.25) is 5.41 Å². The van der Waals surface area contributed by atoms with Crippen LogP contribution in [0.3, 0.4) is 0 Å². The van der Waals surface area contributed by atoms with Gasteiger partial charge < -0.3 is 10.6 Å². The van der Waals surface area contributed by atoms with E-state index in [0.29, 0.717) is 13.0 Å². The number of nitrogens with two attached hydrogens (primary N) is 1. The highest BCUT2D eigenvalue weighted by molar-refractivity contribution is 5.78. The van der Waals surface area contributed by atoms with Crippen LogP contribution in [0.1, 0.15) is 12.1 Å². The molecule has 4 heteroatoms. The molecule has 1 aromatic carbocycles. The molecule has 3 N–H and O–H groups in total. The maximum Gasteiger partial charge on any atom is 0.133 e. The summed E-state index contributed by atoms with van der Waals surface area (Å²) in [4.78, 5) is 6.62. The van der Waals surface area contributed by atoms with Crippen molar-refractivity contribution < 1.29 is 0 Å². The van der Waals surface area contributed by atoms with Gasteiger partial charge in [-0.05, 0) is 31.2 Å². The number of rotatable bonds is 5. The molecule has 0 bridgehead atoms. The Morgan fingerprint density at radius 1 is 1.16 bits per heavy atom. The molecule has 0 saturated heterocycles. The first-order valence-electron chi connectivity index (χ1n) is 6.26. The number of hydrogen-bond acceptors (Lipinski definition) is 3. The van der Waals surface area contributed by atoms with Gasteiger partial charge in [0.25, 0.3) is 0 Å². The number of amidine groups is 1. The topological polar surface area (TPSA) is 66.0 Å². The van der Waals surface area contributed by atoms with Crippen LogP contribution in [0.5, 0.6) is 0 Å². The van der Waals surface area contributed by atoms with Crippen LogP contribution in [-0.4, -0.2) is 17.4 Å². The minimum absolute atomic E-state index is 0.189. The average Bonchev–Trinajstić information content (AvgIpc) is 2.40. The first-order chi connectivity index (χ1) is 9.16. The van der Waals surface area contributed by atoms with Gasteiger partial charge in [0.15, 0.2) is 0 Å². The van der Waals surface area contributed by atoms with Crippen LogP contribution in [0.2, 0.25) is 0 Å². The van der Waals surface area contributed by atoms with Crippen molar-refractivity contribution in [2.24, 2.45) is 5.73 Å². The Bertz CT molecular complexity index is 551. The molecule has 0 aliphatic carbocycles. The highest BCUT2D eigenvalue weighted by atomic mass is 15.2. The summed E-state index contributed by atoms with van der Waals surface area (Å²) in [6.45, 7) is 2.62. The lowest BCUT2D eigenvalue weighted by molar-refractivity contribution is 0.926. The van der Waals surface area contributed by atoms with E-state index in [1.54, 1.807) is 0 Å². The van der Waals surface area contributed by atoms with Crippen molar-refractivity contribution in [1.82, 2.24) is 4.98 Å². The van der Waals surface area contributed by atoms with E-state index in [2.05, 4.69) is 9.88 Å². The molecule has 0 aliphatic rings. The molecule has 19 heavy (non-hydrogen) atoms. The van der Waals surface area contributed by atoms with Gasteiger partial charge in [-0.25, -0.2) is 4.98 Å². The van der Waals surface area contributed by atoms with E-state index in [4.69, 9.17) is 11.1 Å². The molecule has 1 heterocycles. The molecule has 0 radical (unpaired) electrons. The number of hydrogen-bond donors (Lipinski definition) is 2. The second kappa shape index (κ2) is 6.00. The third-order valence-corrected chi connectivity index (χ3v) is 2.82. The van der Waals surface area contributed by atoms with Crippen molar-refractivity contribution in [2.75, 3.05) is 11.4 Å². The number of pyridine rings is 1. The van der Waals surface area contributed by atoms with Crippen LogP contribution in [-0.2, 0) is 0 Å². The number of aryl methyl sites for hydroxylation is 1. The zero-order valence-corrected chi connectivity index (χ0v) is 11.0. The fraction of sp³-hybridized carbons (Fsp3) is 0.200. The van der Waals surface area contributed by atoms with Gasteiger partial charge in [-0.1, -0.05) is 24.3 Å². The van der Waals surface area contributed by atoms with Gasteiger partial charge in [0.2, 0.25) is 0 Å². The summed E-state index contributed by atoms with van der Waals surface area (Å²) >= 11 is 0. The Hall–Kier alpha value is -2.36. The van der Waals surface area contributed by atoms with Crippen molar-refractivity contribution >= 4 is 17.3 Å². The third kappa shape index (κ3) is 3.55. The summed E-state index contributed by atoms with van der Waals surface area (Å²) in [5.74, 6) is 1.07. The Labute approximate surface area is 113 Å². The largest absolute Gasteiger partial charge is 0.388 e. The normalized spacial score (nSPS) is 10.2. The molecule has 0 unspecified atom stereocenters. The highest BCUT2D eigenvalue weighted by Crippen LogP contribution is 2.23. The molecule has 98 valence electrons. The smallest absolute Gasteiger partial charge is 0.133 e. The maximum atomic E-state index is 7.39. The highest BCUT2D eigenvalue weighted by Gasteiger charge is 2.10. The average molecular weight is 254 g/mol. The zero-order chi connectivity index (χ0) is 13.7. The fourth-order valence-corrected chi connectivity index (χ4v) is 1.90. The molecule has 0 atom stereocenters. The minimum atomic E-state index is 0.189. The lowest BCUT2D eigenvalue weighted by atomic mass is 10.2. The summed E-state index contributed by atoms with van der Waals surface area (Å²) in [6, 6.07) is 16.0. The van der Waals surface area contributed by atoms with E-state index >= 15 is 0 Å². The molecule has 0 aliphatic heterocycles. The van der Waals surface area contributed by atoms with Crippen LogP contribution >= 0.6 is 0 Å². The molecule has 2 rings (SSSR count). The Balaban J connectivity index is 2.31. The zero-order valence-electron chi connectivity index (χ0n) is 11.0. The molecule has 2 aromatic rings. The number of nitrogens with one attached hydrogen (secondary N) is 1. The molecule has 0 amide bonds. The molecule has 4 nitrogen and oxygen atoms in total. The minimum Gasteiger partial charge on any atom is -0.388 e. The standard InChI is InChI=1S/C15H18N4/c1-12-6-5-9-15(18-12)19(11-10-14(16)17)13-7-3-2-4-8-13/h2-9H,10-11H2,1H3,(H3,16,17). The number of aromatic nitrogens is 1. The Morgan fingerprint density at radius 3 is 2.53 bits per heavy atom. The predicted molar refractivity (Wildman–Crippen MR) is 79.0 cm³/mol. The van der Waals surface area contributed by atoms with Crippen LogP contribution in [0, 0.1) is 12.3 Å². The number of anilines is 2. The quantitative estimate of drug-likeness (QED) is 0.637. The Kier molecular flexibility index (Phi) is 4.13. The molecule has 0 fully saturated rings.